The Morgan fingerprint density at radius 1 is 0.778 bits per heavy atom. The van der Waals surface area contributed by atoms with E-state index in [0.29, 0.717) is 27.9 Å². The fourth-order valence-electron chi connectivity index (χ4n) is 4.29. The smallest absolute Gasteiger partial charge is 0.344 e. The van der Waals surface area contributed by atoms with Crippen molar-refractivity contribution in [2.45, 2.75) is 6.92 Å². The van der Waals surface area contributed by atoms with Crippen molar-refractivity contribution in [3.63, 3.8) is 0 Å². The average Bonchev–Trinajstić information content (AvgIpc) is 3.33. The molecule has 6 aromatic rings. The Morgan fingerprint density at radius 3 is 2.28 bits per heavy atom. The van der Waals surface area contributed by atoms with E-state index in [1.165, 1.54) is 0 Å². The Morgan fingerprint density at radius 2 is 1.50 bits per heavy atom. The SMILES string of the molecule is Cc1ccc2nc(-c3ccc(NC(=O)c4oc(=O)c5ccccc5c4-c4ccccc4)cc3)oc2c1. The molecule has 0 unspecified atom stereocenters. The zero-order valence-corrected chi connectivity index (χ0v) is 19.3. The summed E-state index contributed by atoms with van der Waals surface area (Å²) in [5, 5.41) is 3.93. The molecule has 0 aliphatic heterocycles. The van der Waals surface area contributed by atoms with Crippen LogP contribution in [0.1, 0.15) is 16.1 Å². The van der Waals surface area contributed by atoms with E-state index in [1.54, 1.807) is 24.3 Å². The Kier molecular flexibility index (Phi) is 5.19. The summed E-state index contributed by atoms with van der Waals surface area (Å²) in [6.07, 6.45) is 0. The van der Waals surface area contributed by atoms with Gasteiger partial charge in [0, 0.05) is 22.2 Å². The fraction of sp³-hybridized carbons (Fsp3) is 0.0333. The Labute approximate surface area is 205 Å². The lowest BCUT2D eigenvalue weighted by atomic mass is 9.98. The van der Waals surface area contributed by atoms with Crippen LogP contribution in [0.3, 0.4) is 0 Å². The molecule has 1 amide bonds. The van der Waals surface area contributed by atoms with Gasteiger partial charge in [-0.05, 0) is 60.5 Å². The van der Waals surface area contributed by atoms with Crippen LogP contribution in [0.2, 0.25) is 0 Å². The number of carbonyl (C=O) groups excluding carboxylic acids is 1. The number of carbonyl (C=O) groups is 1. The molecule has 36 heavy (non-hydrogen) atoms. The first-order valence-corrected chi connectivity index (χ1v) is 11.5. The molecule has 6 heteroatoms. The summed E-state index contributed by atoms with van der Waals surface area (Å²) in [5.74, 6) is -0.0505. The van der Waals surface area contributed by atoms with E-state index in [4.69, 9.17) is 8.83 Å². The number of oxazole rings is 1. The minimum Gasteiger partial charge on any atom is -0.436 e. The molecule has 1 N–H and O–H groups in total. The molecular weight excluding hydrogens is 452 g/mol. The van der Waals surface area contributed by atoms with Crippen molar-refractivity contribution < 1.29 is 13.6 Å². The summed E-state index contributed by atoms with van der Waals surface area (Å²) in [6.45, 7) is 2.00. The molecule has 0 atom stereocenters. The summed E-state index contributed by atoms with van der Waals surface area (Å²) in [6, 6.07) is 29.6. The quantitative estimate of drug-likeness (QED) is 0.304. The van der Waals surface area contributed by atoms with E-state index in [-0.39, 0.29) is 5.76 Å². The predicted molar refractivity (Wildman–Crippen MR) is 140 cm³/mol. The number of nitrogens with one attached hydrogen (secondary N) is 1. The van der Waals surface area contributed by atoms with Crippen LogP contribution < -0.4 is 10.9 Å². The summed E-state index contributed by atoms with van der Waals surface area (Å²) >= 11 is 0. The van der Waals surface area contributed by atoms with Gasteiger partial charge in [-0.2, -0.15) is 0 Å². The van der Waals surface area contributed by atoms with Crippen molar-refractivity contribution in [1.29, 1.82) is 0 Å². The minimum atomic E-state index is -0.558. The number of nitrogens with zero attached hydrogens (tertiary/aromatic N) is 1. The van der Waals surface area contributed by atoms with E-state index in [9.17, 15) is 9.59 Å². The first kappa shape index (κ1) is 21.6. The molecule has 0 saturated carbocycles. The zero-order valence-electron chi connectivity index (χ0n) is 19.3. The van der Waals surface area contributed by atoms with E-state index in [1.807, 2.05) is 79.7 Å². The summed E-state index contributed by atoms with van der Waals surface area (Å²) in [5.41, 5.74) is 4.73. The lowest BCUT2D eigenvalue weighted by Crippen LogP contribution is -2.16. The standard InChI is InChI=1S/C30H20N2O4/c1-18-11-16-24-25(17-18)35-29(32-24)20-12-14-21(15-13-20)31-28(33)27-26(19-7-3-2-4-8-19)22-9-5-6-10-23(22)30(34)36-27/h2-17H,1H3,(H,31,33). The number of aromatic nitrogens is 1. The van der Waals surface area contributed by atoms with Gasteiger partial charge in [0.05, 0.1) is 5.39 Å². The number of fused-ring (bicyclic) bond motifs is 2. The second-order valence-electron chi connectivity index (χ2n) is 8.53. The van der Waals surface area contributed by atoms with E-state index < -0.39 is 11.5 Å². The highest BCUT2D eigenvalue weighted by atomic mass is 16.4. The van der Waals surface area contributed by atoms with Crippen LogP contribution in [0, 0.1) is 6.92 Å². The monoisotopic (exact) mass is 472 g/mol. The number of benzene rings is 4. The molecule has 0 aliphatic rings. The lowest BCUT2D eigenvalue weighted by Gasteiger charge is -2.12. The molecule has 4 aromatic carbocycles. The van der Waals surface area contributed by atoms with Crippen molar-refractivity contribution in [2.24, 2.45) is 0 Å². The van der Waals surface area contributed by atoms with E-state index >= 15 is 0 Å². The summed E-state index contributed by atoms with van der Waals surface area (Å²) in [7, 11) is 0. The molecule has 2 heterocycles. The van der Waals surface area contributed by atoms with Gasteiger partial charge in [0.25, 0.3) is 5.91 Å². The molecular formula is C30H20N2O4. The average molecular weight is 473 g/mol. The van der Waals surface area contributed by atoms with Crippen molar-refractivity contribution in [1.82, 2.24) is 4.98 Å². The van der Waals surface area contributed by atoms with Gasteiger partial charge in [-0.15, -0.1) is 0 Å². The maximum absolute atomic E-state index is 13.3. The normalized spacial score (nSPS) is 11.1. The van der Waals surface area contributed by atoms with Crippen LogP contribution in [-0.4, -0.2) is 10.9 Å². The van der Waals surface area contributed by atoms with Crippen LogP contribution in [0.15, 0.2) is 111 Å². The topological polar surface area (TPSA) is 85.3 Å². The van der Waals surface area contributed by atoms with Gasteiger partial charge in [-0.25, -0.2) is 9.78 Å². The molecule has 174 valence electrons. The van der Waals surface area contributed by atoms with Crippen molar-refractivity contribution in [3.8, 4) is 22.6 Å². The molecule has 0 saturated heterocycles. The van der Waals surface area contributed by atoms with Crippen LogP contribution in [0.5, 0.6) is 0 Å². The van der Waals surface area contributed by atoms with Crippen LogP contribution in [0.25, 0.3) is 44.5 Å². The van der Waals surface area contributed by atoms with E-state index in [2.05, 4.69) is 10.3 Å². The van der Waals surface area contributed by atoms with Gasteiger partial charge >= 0.3 is 5.63 Å². The van der Waals surface area contributed by atoms with E-state index in [0.717, 1.165) is 27.8 Å². The predicted octanol–water partition coefficient (Wildman–Crippen LogP) is 6.83. The second kappa shape index (κ2) is 8.67. The molecule has 0 aliphatic carbocycles. The molecule has 0 radical (unpaired) electrons. The third-order valence-corrected chi connectivity index (χ3v) is 6.04. The van der Waals surface area contributed by atoms with Gasteiger partial charge in [0.15, 0.2) is 5.58 Å². The number of aryl methyl sites for hydroxylation is 1. The number of hydrogen-bond acceptors (Lipinski definition) is 5. The number of rotatable bonds is 4. The third-order valence-electron chi connectivity index (χ3n) is 6.04. The first-order chi connectivity index (χ1) is 17.6. The molecule has 2 aromatic heterocycles. The summed E-state index contributed by atoms with van der Waals surface area (Å²) < 4.78 is 11.4. The second-order valence-corrected chi connectivity index (χ2v) is 8.53. The third kappa shape index (κ3) is 3.84. The van der Waals surface area contributed by atoms with Crippen LogP contribution in [0.4, 0.5) is 5.69 Å². The summed E-state index contributed by atoms with van der Waals surface area (Å²) in [4.78, 5) is 30.5. The first-order valence-electron chi connectivity index (χ1n) is 11.5. The highest BCUT2D eigenvalue weighted by Gasteiger charge is 2.21. The Balaban J connectivity index is 1.35. The number of hydrogen-bond donors (Lipinski definition) is 1. The van der Waals surface area contributed by atoms with Gasteiger partial charge in [0.1, 0.15) is 5.52 Å². The maximum Gasteiger partial charge on any atom is 0.344 e. The van der Waals surface area contributed by atoms with Crippen LogP contribution in [-0.2, 0) is 0 Å². The fourth-order valence-corrected chi connectivity index (χ4v) is 4.29. The largest absolute Gasteiger partial charge is 0.436 e. The van der Waals surface area contributed by atoms with Gasteiger partial charge in [-0.3, -0.25) is 4.79 Å². The Hall–Kier alpha value is -4.97. The minimum absolute atomic E-state index is 0.0386. The van der Waals surface area contributed by atoms with Gasteiger partial charge in [0.2, 0.25) is 11.7 Å². The highest BCUT2D eigenvalue weighted by molar-refractivity contribution is 6.11. The van der Waals surface area contributed by atoms with Gasteiger partial charge in [-0.1, -0.05) is 54.6 Å². The van der Waals surface area contributed by atoms with Crippen molar-refractivity contribution in [3.05, 3.63) is 119 Å². The van der Waals surface area contributed by atoms with Gasteiger partial charge < -0.3 is 14.2 Å². The highest BCUT2D eigenvalue weighted by Crippen LogP contribution is 2.31. The molecule has 0 bridgehead atoms. The molecule has 6 rings (SSSR count). The van der Waals surface area contributed by atoms with Crippen molar-refractivity contribution >= 4 is 33.5 Å². The molecule has 0 fully saturated rings. The molecule has 0 spiro atoms. The maximum atomic E-state index is 13.3. The zero-order chi connectivity index (χ0) is 24.6. The van der Waals surface area contributed by atoms with Crippen LogP contribution >= 0.6 is 0 Å². The lowest BCUT2D eigenvalue weighted by molar-refractivity contribution is 0.0994. The molecule has 6 nitrogen and oxygen atoms in total. The number of anilines is 1. The van der Waals surface area contributed by atoms with Crippen molar-refractivity contribution in [2.75, 3.05) is 5.32 Å². The number of amides is 1. The Bertz CT molecular complexity index is 1800.